The van der Waals surface area contributed by atoms with Crippen LogP contribution in [0.1, 0.15) is 25.7 Å². The van der Waals surface area contributed by atoms with E-state index in [1.165, 1.54) is 11.1 Å². The summed E-state index contributed by atoms with van der Waals surface area (Å²) in [6.45, 7) is 0.446. The first-order chi connectivity index (χ1) is 13.3. The van der Waals surface area contributed by atoms with E-state index in [9.17, 15) is 18.0 Å². The molecule has 0 spiro atoms. The van der Waals surface area contributed by atoms with Gasteiger partial charge in [0.2, 0.25) is 5.91 Å². The van der Waals surface area contributed by atoms with Crippen LogP contribution in [-0.4, -0.2) is 45.2 Å². The molecule has 1 aliphatic rings. The first-order valence-electron chi connectivity index (χ1n) is 8.82. The highest BCUT2D eigenvalue weighted by Crippen LogP contribution is 2.31. The van der Waals surface area contributed by atoms with Gasteiger partial charge in [-0.25, -0.2) is 0 Å². The van der Waals surface area contributed by atoms with Crippen LogP contribution in [0.5, 0.6) is 0 Å². The van der Waals surface area contributed by atoms with E-state index in [2.05, 4.69) is 10.3 Å². The number of nitrogens with zero attached hydrogens (tertiary/aromatic N) is 2. The van der Waals surface area contributed by atoms with Crippen molar-refractivity contribution in [3.63, 3.8) is 0 Å². The Balaban J connectivity index is 1.98. The van der Waals surface area contributed by atoms with Crippen molar-refractivity contribution < 1.29 is 18.0 Å². The third-order valence-corrected chi connectivity index (χ3v) is 5.16. The summed E-state index contributed by atoms with van der Waals surface area (Å²) in [7, 11) is 0. The summed E-state index contributed by atoms with van der Waals surface area (Å²) < 4.78 is 36.6. The molecule has 1 fully saturated rings. The Hall–Kier alpha value is -1.74. The van der Waals surface area contributed by atoms with Gasteiger partial charge in [0.15, 0.2) is 0 Å². The van der Waals surface area contributed by atoms with Gasteiger partial charge in [0, 0.05) is 36.9 Å². The number of carbonyl (C=O) groups excluding carboxylic acids is 1. The number of hydrogen-bond donors (Lipinski definition) is 2. The largest absolute Gasteiger partial charge is 0.389 e. The van der Waals surface area contributed by atoms with Crippen LogP contribution in [0.4, 0.5) is 18.9 Å². The number of hydrogen-bond acceptors (Lipinski definition) is 5. The summed E-state index contributed by atoms with van der Waals surface area (Å²) in [6.07, 6.45) is 1.75. The van der Waals surface area contributed by atoms with Crippen molar-refractivity contribution in [1.29, 1.82) is 5.41 Å². The van der Waals surface area contributed by atoms with E-state index in [0.29, 0.717) is 18.2 Å². The molecule has 0 unspecified atom stereocenters. The second-order valence-electron chi connectivity index (χ2n) is 6.40. The maximum atomic E-state index is 12.7. The summed E-state index contributed by atoms with van der Waals surface area (Å²) in [5, 5.41) is 10.5. The fraction of sp³-hybridized carbons (Fsp3) is 0.500. The number of pyridine rings is 1. The molecule has 1 aromatic rings. The normalized spacial score (nSPS) is 14.6. The minimum atomic E-state index is -4.18. The zero-order valence-electron chi connectivity index (χ0n) is 15.1. The molecule has 0 saturated heterocycles. The van der Waals surface area contributed by atoms with Gasteiger partial charge in [-0.1, -0.05) is 11.6 Å². The minimum Gasteiger partial charge on any atom is -0.358 e. The Morgan fingerprint density at radius 2 is 2.18 bits per heavy atom. The molecule has 0 aromatic carbocycles. The number of alkyl halides is 3. The first kappa shape index (κ1) is 22.5. The number of thioether (sulfide) groups is 1. The van der Waals surface area contributed by atoms with Crippen molar-refractivity contribution >= 4 is 40.1 Å². The molecule has 1 heterocycles. The highest BCUT2D eigenvalue weighted by atomic mass is 35.5. The zero-order valence-corrected chi connectivity index (χ0v) is 16.7. The molecule has 0 radical (unpaired) electrons. The van der Waals surface area contributed by atoms with Crippen LogP contribution in [0.3, 0.4) is 0 Å². The quantitative estimate of drug-likeness (QED) is 0.385. The molecule has 0 atom stereocenters. The van der Waals surface area contributed by atoms with Crippen molar-refractivity contribution in [2.45, 2.75) is 31.9 Å². The average molecular weight is 435 g/mol. The SMILES string of the molecule is N=C(Cl)/C(=C\Nc1cccnc1)N(CC1CC1)C(=O)CCSCCC(F)(F)F. The fourth-order valence-electron chi connectivity index (χ4n) is 2.34. The van der Waals surface area contributed by atoms with Gasteiger partial charge in [0.25, 0.3) is 0 Å². The van der Waals surface area contributed by atoms with E-state index < -0.39 is 12.6 Å². The van der Waals surface area contributed by atoms with E-state index in [4.69, 9.17) is 17.0 Å². The van der Waals surface area contributed by atoms with Crippen LogP contribution in [-0.2, 0) is 4.79 Å². The molecule has 28 heavy (non-hydrogen) atoms. The molecule has 1 aromatic heterocycles. The molecule has 10 heteroatoms. The number of allylic oxidation sites excluding steroid dienone is 1. The van der Waals surface area contributed by atoms with Crippen LogP contribution in [0, 0.1) is 11.3 Å². The lowest BCUT2D eigenvalue weighted by atomic mass is 10.2. The highest BCUT2D eigenvalue weighted by molar-refractivity contribution is 7.99. The number of carbonyl (C=O) groups is 1. The monoisotopic (exact) mass is 434 g/mol. The third kappa shape index (κ3) is 8.52. The predicted molar refractivity (Wildman–Crippen MR) is 107 cm³/mol. The Morgan fingerprint density at radius 3 is 2.75 bits per heavy atom. The van der Waals surface area contributed by atoms with E-state index in [0.717, 1.165) is 24.6 Å². The van der Waals surface area contributed by atoms with Crippen molar-refractivity contribution in [1.82, 2.24) is 9.88 Å². The Kier molecular flexibility index (Phi) is 8.62. The molecule has 1 aliphatic carbocycles. The Labute approximate surface area is 171 Å². The van der Waals surface area contributed by atoms with Crippen LogP contribution in [0.15, 0.2) is 36.4 Å². The first-order valence-corrected chi connectivity index (χ1v) is 10.4. The molecule has 2 rings (SSSR count). The standard InChI is InChI=1S/C18H22ClF3N4OS/c19-17(23)15(11-25-14-2-1-7-24-10-14)26(12-13-3-4-13)16(27)5-8-28-9-6-18(20,21)22/h1-2,7,10-11,13,23,25H,3-6,8-9,12H2/b15-11+,23-17?. The second-order valence-corrected chi connectivity index (χ2v) is 8.01. The van der Waals surface area contributed by atoms with Crippen molar-refractivity contribution in [3.8, 4) is 0 Å². The second kappa shape index (κ2) is 10.7. The van der Waals surface area contributed by atoms with E-state index in [1.54, 1.807) is 24.5 Å². The highest BCUT2D eigenvalue weighted by Gasteiger charge is 2.30. The molecule has 2 N–H and O–H groups in total. The van der Waals surface area contributed by atoms with Gasteiger partial charge in [0.05, 0.1) is 24.0 Å². The molecule has 0 aliphatic heterocycles. The van der Waals surface area contributed by atoms with Gasteiger partial charge in [-0.15, -0.1) is 0 Å². The number of anilines is 1. The number of nitrogens with one attached hydrogen (secondary N) is 2. The molecular formula is C18H22ClF3N4OS. The molecular weight excluding hydrogens is 413 g/mol. The maximum absolute atomic E-state index is 12.7. The summed E-state index contributed by atoms with van der Waals surface area (Å²) in [5.74, 6) is 0.320. The lowest BCUT2D eigenvalue weighted by Gasteiger charge is -2.24. The zero-order chi connectivity index (χ0) is 20.6. The molecule has 1 amide bonds. The fourth-order valence-corrected chi connectivity index (χ4v) is 3.39. The van der Waals surface area contributed by atoms with Gasteiger partial charge >= 0.3 is 6.18 Å². The van der Waals surface area contributed by atoms with Gasteiger partial charge in [-0.05, 0) is 30.9 Å². The third-order valence-electron chi connectivity index (χ3n) is 3.98. The minimum absolute atomic E-state index is 0.0734. The van der Waals surface area contributed by atoms with Crippen LogP contribution >= 0.6 is 23.4 Å². The lowest BCUT2D eigenvalue weighted by molar-refractivity contribution is -0.129. The molecule has 154 valence electrons. The summed E-state index contributed by atoms with van der Waals surface area (Å²) in [6, 6.07) is 3.52. The van der Waals surface area contributed by atoms with Gasteiger partial charge in [-0.3, -0.25) is 15.2 Å². The van der Waals surface area contributed by atoms with Crippen molar-refractivity contribution in [3.05, 3.63) is 36.4 Å². The predicted octanol–water partition coefficient (Wildman–Crippen LogP) is 4.87. The van der Waals surface area contributed by atoms with Crippen LogP contribution < -0.4 is 5.32 Å². The lowest BCUT2D eigenvalue weighted by Crippen LogP contribution is -2.35. The maximum Gasteiger partial charge on any atom is 0.389 e. The molecule has 0 bridgehead atoms. The Morgan fingerprint density at radius 1 is 1.43 bits per heavy atom. The smallest absolute Gasteiger partial charge is 0.358 e. The van der Waals surface area contributed by atoms with Crippen LogP contribution in [0.25, 0.3) is 0 Å². The van der Waals surface area contributed by atoms with E-state index in [-0.39, 0.29) is 34.7 Å². The Bertz CT molecular complexity index is 696. The van der Waals surface area contributed by atoms with E-state index in [1.807, 2.05) is 0 Å². The average Bonchev–Trinajstić information content (AvgIpc) is 3.44. The molecule has 5 nitrogen and oxygen atoms in total. The van der Waals surface area contributed by atoms with Gasteiger partial charge in [0.1, 0.15) is 5.17 Å². The van der Waals surface area contributed by atoms with E-state index >= 15 is 0 Å². The summed E-state index contributed by atoms with van der Waals surface area (Å²) >= 11 is 7.02. The number of rotatable bonds is 11. The molecule has 1 saturated carbocycles. The number of halogens is 4. The van der Waals surface area contributed by atoms with Crippen LogP contribution in [0.2, 0.25) is 0 Å². The number of aromatic nitrogens is 1. The summed E-state index contributed by atoms with van der Waals surface area (Å²) in [4.78, 5) is 18.1. The van der Waals surface area contributed by atoms with Gasteiger partial charge < -0.3 is 10.2 Å². The van der Waals surface area contributed by atoms with Gasteiger partial charge in [-0.2, -0.15) is 24.9 Å². The van der Waals surface area contributed by atoms with Crippen molar-refractivity contribution in [2.24, 2.45) is 5.92 Å². The summed E-state index contributed by atoms with van der Waals surface area (Å²) in [5.41, 5.74) is 0.919. The number of amides is 1. The van der Waals surface area contributed by atoms with Crippen molar-refractivity contribution in [2.75, 3.05) is 23.4 Å². The topological polar surface area (TPSA) is 69.1 Å².